The molecule has 5 rings (SSSR count). The fourth-order valence-corrected chi connectivity index (χ4v) is 4.56. The summed E-state index contributed by atoms with van der Waals surface area (Å²) in [4.78, 5) is 25.4. The molecule has 2 amide bonds. The molecule has 34 heavy (non-hydrogen) atoms. The molecule has 0 saturated carbocycles. The Kier molecular flexibility index (Phi) is 5.91. The van der Waals surface area contributed by atoms with Gasteiger partial charge in [-0.3, -0.25) is 9.59 Å². The summed E-state index contributed by atoms with van der Waals surface area (Å²) < 4.78 is 1.77. The lowest BCUT2D eigenvalue weighted by Gasteiger charge is -2.13. The molecule has 1 saturated heterocycles. The van der Waals surface area contributed by atoms with Gasteiger partial charge in [-0.25, -0.2) is 0 Å². The maximum absolute atomic E-state index is 13.0. The van der Waals surface area contributed by atoms with Crippen LogP contribution in [0.25, 0.3) is 10.9 Å². The van der Waals surface area contributed by atoms with Gasteiger partial charge in [0.15, 0.2) is 5.69 Å². The topological polar surface area (TPSA) is 96.0 Å². The minimum Gasteiger partial charge on any atom is -0.493 e. The van der Waals surface area contributed by atoms with Crippen molar-refractivity contribution in [3.8, 4) is 5.88 Å². The summed E-state index contributed by atoms with van der Waals surface area (Å²) in [6.45, 7) is 0.916. The van der Waals surface area contributed by atoms with E-state index in [9.17, 15) is 14.7 Å². The van der Waals surface area contributed by atoms with E-state index in [-0.39, 0.29) is 23.4 Å². The van der Waals surface area contributed by atoms with Gasteiger partial charge in [-0.2, -0.15) is 0 Å². The van der Waals surface area contributed by atoms with Gasteiger partial charge in [-0.1, -0.05) is 78.9 Å². The first kappa shape index (κ1) is 21.6. The van der Waals surface area contributed by atoms with Crippen LogP contribution in [0.4, 0.5) is 5.69 Å². The molecule has 7 heteroatoms. The SMILES string of the molecule is O=C(N=Nc1c(O)n(CCc2ccccc2)c2ccccc12)[C@H]1C(=O)NC[C@@H]1c1ccccc1. The van der Waals surface area contributed by atoms with Crippen LogP contribution in [0.2, 0.25) is 0 Å². The van der Waals surface area contributed by atoms with E-state index in [0.717, 1.165) is 23.1 Å². The third-order valence-corrected chi connectivity index (χ3v) is 6.31. The maximum atomic E-state index is 13.0. The molecule has 4 aromatic rings. The van der Waals surface area contributed by atoms with E-state index in [2.05, 4.69) is 15.5 Å². The average molecular weight is 453 g/mol. The molecule has 170 valence electrons. The van der Waals surface area contributed by atoms with Crippen molar-refractivity contribution in [2.45, 2.75) is 18.9 Å². The predicted octanol–water partition coefficient (Wildman–Crippen LogP) is 4.73. The number of carbonyl (C=O) groups excluding carboxylic acids is 2. The molecule has 1 aliphatic heterocycles. The molecule has 1 fully saturated rings. The average Bonchev–Trinajstić information content (AvgIpc) is 3.39. The first-order valence-electron chi connectivity index (χ1n) is 11.3. The van der Waals surface area contributed by atoms with Crippen molar-refractivity contribution in [2.75, 3.05) is 6.54 Å². The maximum Gasteiger partial charge on any atom is 0.277 e. The zero-order valence-electron chi connectivity index (χ0n) is 18.5. The number of benzene rings is 3. The number of fused-ring (bicyclic) bond motifs is 1. The summed E-state index contributed by atoms with van der Waals surface area (Å²) in [6.07, 6.45) is 0.726. The Hall–Kier alpha value is -4.26. The van der Waals surface area contributed by atoms with Gasteiger partial charge in [0.05, 0.1) is 5.52 Å². The Morgan fingerprint density at radius 2 is 1.65 bits per heavy atom. The quantitative estimate of drug-likeness (QED) is 0.327. The molecule has 2 atom stereocenters. The summed E-state index contributed by atoms with van der Waals surface area (Å²) in [7, 11) is 0. The highest BCUT2D eigenvalue weighted by molar-refractivity contribution is 6.03. The first-order chi connectivity index (χ1) is 16.6. The monoisotopic (exact) mass is 452 g/mol. The molecule has 7 nitrogen and oxygen atoms in total. The normalized spacial score (nSPS) is 17.9. The van der Waals surface area contributed by atoms with Crippen LogP contribution in [0.1, 0.15) is 17.0 Å². The Bertz CT molecular complexity index is 1360. The number of amides is 2. The third kappa shape index (κ3) is 4.08. The van der Waals surface area contributed by atoms with Crippen LogP contribution in [0.5, 0.6) is 5.88 Å². The van der Waals surface area contributed by atoms with Gasteiger partial charge in [0.2, 0.25) is 11.8 Å². The number of rotatable bonds is 6. The van der Waals surface area contributed by atoms with E-state index < -0.39 is 11.8 Å². The second-order valence-corrected chi connectivity index (χ2v) is 8.35. The largest absolute Gasteiger partial charge is 0.493 e. The van der Waals surface area contributed by atoms with Gasteiger partial charge >= 0.3 is 0 Å². The Balaban J connectivity index is 1.43. The van der Waals surface area contributed by atoms with Crippen LogP contribution in [0.15, 0.2) is 95.2 Å². The Morgan fingerprint density at radius 1 is 0.971 bits per heavy atom. The van der Waals surface area contributed by atoms with Gasteiger partial charge in [-0.15, -0.1) is 10.2 Å². The summed E-state index contributed by atoms with van der Waals surface area (Å²) in [5, 5.41) is 22.5. The van der Waals surface area contributed by atoms with Gasteiger partial charge in [0, 0.05) is 24.4 Å². The number of nitrogens with one attached hydrogen (secondary N) is 1. The standard InChI is InChI=1S/C27H24N4O3/c32-25-23(21(17-28-25)19-11-5-2-6-12-19)26(33)30-29-24-20-13-7-8-14-22(20)31(27(24)34)16-15-18-9-3-1-4-10-18/h1-14,21,23,34H,15-17H2,(H,28,32)/t21-,23-/m1/s1. The van der Waals surface area contributed by atoms with Gasteiger partial charge in [-0.05, 0) is 23.6 Å². The van der Waals surface area contributed by atoms with E-state index in [0.29, 0.717) is 18.5 Å². The van der Waals surface area contributed by atoms with E-state index in [1.807, 2.05) is 84.9 Å². The number of carbonyl (C=O) groups is 2. The van der Waals surface area contributed by atoms with Crippen LogP contribution in [-0.2, 0) is 22.6 Å². The Labute approximate surface area is 196 Å². The number of aromatic nitrogens is 1. The molecule has 0 unspecified atom stereocenters. The molecule has 0 spiro atoms. The number of hydrogen-bond acceptors (Lipinski definition) is 4. The van der Waals surface area contributed by atoms with Crippen molar-refractivity contribution in [3.63, 3.8) is 0 Å². The fraction of sp³-hybridized carbons (Fsp3) is 0.185. The summed E-state index contributed by atoms with van der Waals surface area (Å²) in [5.74, 6) is -2.28. The molecule has 0 radical (unpaired) electrons. The minimum atomic E-state index is -0.945. The van der Waals surface area contributed by atoms with Gasteiger partial charge in [0.1, 0.15) is 5.92 Å². The number of hydrogen-bond donors (Lipinski definition) is 2. The molecular formula is C27H24N4O3. The Morgan fingerprint density at radius 3 is 2.41 bits per heavy atom. The molecule has 0 bridgehead atoms. The van der Waals surface area contributed by atoms with Crippen LogP contribution in [0, 0.1) is 5.92 Å². The summed E-state index contributed by atoms with van der Waals surface area (Å²) in [6, 6.07) is 26.9. The van der Waals surface area contributed by atoms with Crippen molar-refractivity contribution < 1.29 is 14.7 Å². The van der Waals surface area contributed by atoms with Crippen LogP contribution >= 0.6 is 0 Å². The zero-order chi connectivity index (χ0) is 23.5. The minimum absolute atomic E-state index is 0.0517. The highest BCUT2D eigenvalue weighted by Crippen LogP contribution is 2.39. The van der Waals surface area contributed by atoms with E-state index in [1.165, 1.54) is 0 Å². The van der Waals surface area contributed by atoms with Crippen LogP contribution in [0.3, 0.4) is 0 Å². The molecule has 1 aromatic heterocycles. The lowest BCUT2D eigenvalue weighted by Crippen LogP contribution is -2.25. The van der Waals surface area contributed by atoms with Gasteiger partial charge < -0.3 is 15.0 Å². The van der Waals surface area contributed by atoms with E-state index in [1.54, 1.807) is 4.57 Å². The van der Waals surface area contributed by atoms with Crippen molar-refractivity contribution in [1.29, 1.82) is 0 Å². The molecule has 0 aliphatic carbocycles. The molecule has 3 aromatic carbocycles. The van der Waals surface area contributed by atoms with E-state index >= 15 is 0 Å². The molecular weight excluding hydrogens is 428 g/mol. The van der Waals surface area contributed by atoms with Crippen molar-refractivity contribution in [2.24, 2.45) is 16.1 Å². The molecule has 1 aliphatic rings. The fourth-order valence-electron chi connectivity index (χ4n) is 4.56. The van der Waals surface area contributed by atoms with Crippen molar-refractivity contribution >= 4 is 28.4 Å². The molecule has 2 heterocycles. The number of para-hydroxylation sites is 1. The summed E-state index contributed by atoms with van der Waals surface area (Å²) in [5.41, 5.74) is 3.08. The van der Waals surface area contributed by atoms with E-state index in [4.69, 9.17) is 0 Å². The van der Waals surface area contributed by atoms with Crippen molar-refractivity contribution in [1.82, 2.24) is 9.88 Å². The lowest BCUT2D eigenvalue weighted by molar-refractivity contribution is -0.131. The lowest BCUT2D eigenvalue weighted by atomic mass is 9.88. The number of aryl methyl sites for hydroxylation is 2. The highest BCUT2D eigenvalue weighted by atomic mass is 16.3. The first-order valence-corrected chi connectivity index (χ1v) is 11.3. The third-order valence-electron chi connectivity index (χ3n) is 6.31. The second kappa shape index (κ2) is 9.31. The van der Waals surface area contributed by atoms with Crippen LogP contribution < -0.4 is 5.32 Å². The van der Waals surface area contributed by atoms with Crippen molar-refractivity contribution in [3.05, 3.63) is 96.1 Å². The van der Waals surface area contributed by atoms with Gasteiger partial charge in [0.25, 0.3) is 5.91 Å². The summed E-state index contributed by atoms with van der Waals surface area (Å²) >= 11 is 0. The van der Waals surface area contributed by atoms with Crippen LogP contribution in [-0.4, -0.2) is 28.0 Å². The second-order valence-electron chi connectivity index (χ2n) is 8.35. The smallest absolute Gasteiger partial charge is 0.277 e. The zero-order valence-corrected chi connectivity index (χ0v) is 18.5. The number of nitrogens with zero attached hydrogens (tertiary/aromatic N) is 3. The highest BCUT2D eigenvalue weighted by Gasteiger charge is 2.41. The number of azo groups is 1. The molecule has 2 N–H and O–H groups in total. The predicted molar refractivity (Wildman–Crippen MR) is 129 cm³/mol. The number of aromatic hydroxyl groups is 1.